The molecule has 0 unspecified atom stereocenters. The molecule has 2 saturated heterocycles. The molecular weight excluding hydrogens is 426 g/mol. The molecule has 0 radical (unpaired) electrons. The number of guanidine groups is 1. The molecule has 1 amide bonds. The average Bonchev–Trinajstić information content (AvgIpc) is 3.34. The average molecular weight is 462 g/mol. The van der Waals surface area contributed by atoms with Gasteiger partial charge >= 0.3 is 5.97 Å². The van der Waals surface area contributed by atoms with Crippen LogP contribution in [-0.2, 0) is 14.3 Å². The van der Waals surface area contributed by atoms with E-state index in [9.17, 15) is 9.59 Å². The molecule has 0 saturated carbocycles. The fourth-order valence-electron chi connectivity index (χ4n) is 3.84. The molecule has 0 aliphatic carbocycles. The van der Waals surface area contributed by atoms with Gasteiger partial charge in [-0.15, -0.1) is 0 Å². The van der Waals surface area contributed by atoms with Gasteiger partial charge in [0.15, 0.2) is 5.96 Å². The molecule has 1 atom stereocenters. The number of nitrogens with one attached hydrogen (secondary N) is 2. The first-order valence-corrected chi connectivity index (χ1v) is 11.5. The van der Waals surface area contributed by atoms with Gasteiger partial charge in [-0.1, -0.05) is 0 Å². The van der Waals surface area contributed by atoms with Crippen molar-refractivity contribution >= 4 is 23.5 Å². The first-order valence-electron chi connectivity index (χ1n) is 11.5. The lowest BCUT2D eigenvalue weighted by Gasteiger charge is -2.36. The molecule has 2 heterocycles. The maximum atomic E-state index is 12.2. The van der Waals surface area contributed by atoms with Crippen molar-refractivity contribution in [3.05, 3.63) is 29.8 Å². The van der Waals surface area contributed by atoms with Crippen molar-refractivity contribution in [3.63, 3.8) is 0 Å². The number of methoxy groups -OCH3 is 1. The van der Waals surface area contributed by atoms with Crippen LogP contribution in [-0.4, -0.2) is 105 Å². The van der Waals surface area contributed by atoms with E-state index in [2.05, 4.69) is 20.4 Å². The molecule has 3 rings (SSSR count). The second-order valence-electron chi connectivity index (χ2n) is 8.27. The molecule has 0 aromatic heterocycles. The highest BCUT2D eigenvalue weighted by Gasteiger charge is 2.23. The molecule has 2 aliphatic rings. The number of carboxylic acid groups (broad SMARTS) is 1. The van der Waals surface area contributed by atoms with Gasteiger partial charge < -0.3 is 30.1 Å². The Bertz CT molecular complexity index is 787. The van der Waals surface area contributed by atoms with E-state index in [1.165, 1.54) is 0 Å². The normalized spacial score (nSPS) is 19.5. The summed E-state index contributed by atoms with van der Waals surface area (Å²) >= 11 is 0. The van der Waals surface area contributed by atoms with Gasteiger partial charge in [-0.2, -0.15) is 0 Å². The third kappa shape index (κ3) is 8.30. The summed E-state index contributed by atoms with van der Waals surface area (Å²) < 4.78 is 10.7. The van der Waals surface area contributed by atoms with Crippen molar-refractivity contribution in [1.29, 1.82) is 0 Å². The van der Waals surface area contributed by atoms with Crippen molar-refractivity contribution in [2.45, 2.75) is 25.4 Å². The Morgan fingerprint density at radius 2 is 1.97 bits per heavy atom. The summed E-state index contributed by atoms with van der Waals surface area (Å²) in [7, 11) is 1.65. The van der Waals surface area contributed by atoms with Gasteiger partial charge in [0.05, 0.1) is 24.8 Å². The first-order chi connectivity index (χ1) is 16.0. The summed E-state index contributed by atoms with van der Waals surface area (Å²) in [5.41, 5.74) is 1.02. The molecular formula is C23H35N5O5. The highest BCUT2D eigenvalue weighted by Crippen LogP contribution is 2.15. The van der Waals surface area contributed by atoms with E-state index >= 15 is 0 Å². The number of amides is 1. The van der Waals surface area contributed by atoms with E-state index in [1.54, 1.807) is 31.4 Å². The molecule has 0 spiro atoms. The number of benzene rings is 1. The van der Waals surface area contributed by atoms with E-state index in [4.69, 9.17) is 19.6 Å². The summed E-state index contributed by atoms with van der Waals surface area (Å²) in [6.07, 6.45) is 3.02. The minimum atomic E-state index is -0.951. The number of ether oxygens (including phenoxy) is 2. The van der Waals surface area contributed by atoms with Crippen LogP contribution >= 0.6 is 0 Å². The van der Waals surface area contributed by atoms with Gasteiger partial charge in [0.2, 0.25) is 5.91 Å². The molecule has 182 valence electrons. The maximum Gasteiger partial charge on any atom is 0.335 e. The Hall–Kier alpha value is -2.69. The highest BCUT2D eigenvalue weighted by molar-refractivity contribution is 5.94. The lowest BCUT2D eigenvalue weighted by Crippen LogP contribution is -2.52. The fraction of sp³-hybridized carbons (Fsp3) is 0.609. The Morgan fingerprint density at radius 3 is 2.61 bits per heavy atom. The minimum absolute atomic E-state index is 0.0310. The van der Waals surface area contributed by atoms with Crippen LogP contribution in [0.4, 0.5) is 5.69 Å². The zero-order valence-corrected chi connectivity index (χ0v) is 19.3. The van der Waals surface area contributed by atoms with Gasteiger partial charge in [-0.05, 0) is 43.5 Å². The number of rotatable bonds is 10. The quantitative estimate of drug-likeness (QED) is 0.270. The van der Waals surface area contributed by atoms with Gasteiger partial charge in [0.1, 0.15) is 0 Å². The van der Waals surface area contributed by atoms with Crippen LogP contribution < -0.4 is 10.6 Å². The van der Waals surface area contributed by atoms with Crippen LogP contribution in [0.1, 0.15) is 29.6 Å². The number of anilines is 1. The van der Waals surface area contributed by atoms with E-state index in [0.717, 1.165) is 63.7 Å². The lowest BCUT2D eigenvalue weighted by molar-refractivity contribution is -0.122. The highest BCUT2D eigenvalue weighted by atomic mass is 16.5. The van der Waals surface area contributed by atoms with Crippen LogP contribution in [0.5, 0.6) is 0 Å². The molecule has 3 N–H and O–H groups in total. The number of hydrogen-bond acceptors (Lipinski definition) is 6. The maximum absolute atomic E-state index is 12.2. The van der Waals surface area contributed by atoms with E-state index in [-0.39, 0.29) is 17.6 Å². The number of aromatic carboxylic acids is 1. The van der Waals surface area contributed by atoms with Crippen LogP contribution in [0.15, 0.2) is 29.3 Å². The Labute approximate surface area is 194 Å². The zero-order valence-electron chi connectivity index (χ0n) is 19.3. The molecule has 1 aromatic carbocycles. The van der Waals surface area contributed by atoms with Crippen molar-refractivity contribution in [2.75, 3.05) is 71.5 Å². The first kappa shape index (κ1) is 24.9. The zero-order chi connectivity index (χ0) is 23.5. The monoisotopic (exact) mass is 461 g/mol. The lowest BCUT2D eigenvalue weighted by atomic mass is 10.2. The standard InChI is InChI=1S/C23H35N5O5/c1-32-14-3-9-24-21(29)17-27-10-12-28(13-11-27)23(25-16-20-4-2-15-33-20)26-19-7-5-18(6-8-19)22(30)31/h5-8,20H,2-4,9-17H2,1H3,(H,24,29)(H,25,26)(H,30,31)/t20-/m1/s1. The number of carbonyl (C=O) groups is 2. The molecule has 10 heteroatoms. The predicted molar refractivity (Wildman–Crippen MR) is 126 cm³/mol. The van der Waals surface area contributed by atoms with Gasteiger partial charge in [0, 0.05) is 58.7 Å². The molecule has 2 fully saturated rings. The number of aliphatic imine (C=N–C) groups is 1. The van der Waals surface area contributed by atoms with Crippen LogP contribution in [0.2, 0.25) is 0 Å². The Kier molecular flexibility index (Phi) is 9.92. The molecule has 2 aliphatic heterocycles. The Morgan fingerprint density at radius 1 is 1.21 bits per heavy atom. The van der Waals surface area contributed by atoms with Gasteiger partial charge in [-0.25, -0.2) is 4.79 Å². The van der Waals surface area contributed by atoms with Crippen molar-refractivity contribution in [1.82, 2.24) is 15.1 Å². The second kappa shape index (κ2) is 13.1. The fourth-order valence-corrected chi connectivity index (χ4v) is 3.84. The number of piperazine rings is 1. The molecule has 33 heavy (non-hydrogen) atoms. The van der Waals surface area contributed by atoms with Gasteiger partial charge in [-0.3, -0.25) is 14.7 Å². The number of carbonyl (C=O) groups excluding carboxylic acids is 1. The second-order valence-corrected chi connectivity index (χ2v) is 8.27. The van der Waals surface area contributed by atoms with E-state index in [0.29, 0.717) is 26.2 Å². The number of hydrogen-bond donors (Lipinski definition) is 3. The smallest absolute Gasteiger partial charge is 0.335 e. The minimum Gasteiger partial charge on any atom is -0.478 e. The summed E-state index contributed by atoms with van der Waals surface area (Å²) in [6.45, 7) is 5.99. The van der Waals surface area contributed by atoms with E-state index in [1.807, 2.05) is 0 Å². The van der Waals surface area contributed by atoms with Gasteiger partial charge in [0.25, 0.3) is 0 Å². The van der Waals surface area contributed by atoms with Crippen molar-refractivity contribution in [2.24, 2.45) is 4.99 Å². The summed E-state index contributed by atoms with van der Waals surface area (Å²) in [5, 5.41) is 15.4. The molecule has 0 bridgehead atoms. The van der Waals surface area contributed by atoms with Crippen LogP contribution in [0.3, 0.4) is 0 Å². The summed E-state index contributed by atoms with van der Waals surface area (Å²) in [6, 6.07) is 6.64. The van der Waals surface area contributed by atoms with Crippen LogP contribution in [0.25, 0.3) is 0 Å². The summed E-state index contributed by atoms with van der Waals surface area (Å²) in [5.74, 6) is -0.173. The molecule has 10 nitrogen and oxygen atoms in total. The Balaban J connectivity index is 1.55. The van der Waals surface area contributed by atoms with Crippen LogP contribution in [0, 0.1) is 0 Å². The van der Waals surface area contributed by atoms with Crippen molar-refractivity contribution in [3.8, 4) is 0 Å². The largest absolute Gasteiger partial charge is 0.478 e. The predicted octanol–water partition coefficient (Wildman–Crippen LogP) is 1.10. The topological polar surface area (TPSA) is 116 Å². The third-order valence-electron chi connectivity index (χ3n) is 5.74. The number of nitrogens with zero attached hydrogens (tertiary/aromatic N) is 3. The summed E-state index contributed by atoms with van der Waals surface area (Å²) in [4.78, 5) is 32.4. The third-order valence-corrected chi connectivity index (χ3v) is 5.74. The molecule has 1 aromatic rings. The number of carboxylic acids is 1. The van der Waals surface area contributed by atoms with Crippen molar-refractivity contribution < 1.29 is 24.2 Å². The van der Waals surface area contributed by atoms with E-state index < -0.39 is 5.97 Å². The SMILES string of the molecule is COCCCNC(=O)CN1CCN(C(=NC[C@H]2CCCO2)Nc2ccc(C(=O)O)cc2)CC1.